The van der Waals surface area contributed by atoms with Gasteiger partial charge in [-0.05, 0) is 19.3 Å². The van der Waals surface area contributed by atoms with E-state index in [4.69, 9.17) is 0 Å². The fraction of sp³-hybridized carbons (Fsp3) is 0.875. The summed E-state index contributed by atoms with van der Waals surface area (Å²) in [6, 6.07) is 0.470. The number of unbranched alkanes of at least 4 members (excludes halogenated alkanes) is 1. The first kappa shape index (κ1) is 8.37. The molecule has 1 fully saturated rings. The van der Waals surface area contributed by atoms with Crippen molar-refractivity contribution >= 4 is 6.03 Å². The van der Waals surface area contributed by atoms with Gasteiger partial charge in [-0.2, -0.15) is 0 Å². The molecule has 0 saturated heterocycles. The second-order valence-corrected chi connectivity index (χ2v) is 3.03. The van der Waals surface area contributed by atoms with Gasteiger partial charge in [-0.1, -0.05) is 13.3 Å². The fourth-order valence-corrected chi connectivity index (χ4v) is 0.843. The van der Waals surface area contributed by atoms with E-state index in [0.717, 1.165) is 32.2 Å². The number of carbonyl (C=O) groups excluding carboxylic acids is 1. The Bertz CT molecular complexity index is 132. The highest BCUT2D eigenvalue weighted by Crippen LogP contribution is 2.18. The molecule has 1 saturated carbocycles. The average molecular weight is 156 g/mol. The van der Waals surface area contributed by atoms with Gasteiger partial charge < -0.3 is 10.6 Å². The second-order valence-electron chi connectivity index (χ2n) is 3.03. The molecule has 64 valence electrons. The summed E-state index contributed by atoms with van der Waals surface area (Å²) in [4.78, 5) is 10.9. The number of rotatable bonds is 4. The Morgan fingerprint density at radius 1 is 1.55 bits per heavy atom. The molecule has 0 aromatic rings. The Balaban J connectivity index is 1.92. The fourth-order valence-electron chi connectivity index (χ4n) is 0.843. The quantitative estimate of drug-likeness (QED) is 0.591. The summed E-state index contributed by atoms with van der Waals surface area (Å²) in [6.45, 7) is 2.91. The first-order valence-electron chi connectivity index (χ1n) is 4.37. The van der Waals surface area contributed by atoms with Crippen LogP contribution in [-0.4, -0.2) is 18.6 Å². The van der Waals surface area contributed by atoms with Crippen LogP contribution < -0.4 is 10.6 Å². The summed E-state index contributed by atoms with van der Waals surface area (Å²) in [7, 11) is 0. The number of urea groups is 1. The van der Waals surface area contributed by atoms with E-state index in [1.807, 2.05) is 0 Å². The molecule has 0 aromatic carbocycles. The van der Waals surface area contributed by atoms with Crippen LogP contribution >= 0.6 is 0 Å². The monoisotopic (exact) mass is 156 g/mol. The predicted molar refractivity (Wildman–Crippen MR) is 44.5 cm³/mol. The maximum absolute atomic E-state index is 10.9. The Hall–Kier alpha value is -0.730. The molecular weight excluding hydrogens is 140 g/mol. The molecule has 2 N–H and O–H groups in total. The molecular formula is C8H16N2O. The third-order valence-corrected chi connectivity index (χ3v) is 1.73. The van der Waals surface area contributed by atoms with E-state index < -0.39 is 0 Å². The van der Waals surface area contributed by atoms with Crippen molar-refractivity contribution in [1.82, 2.24) is 10.6 Å². The highest BCUT2D eigenvalue weighted by atomic mass is 16.2. The number of hydrogen-bond donors (Lipinski definition) is 2. The van der Waals surface area contributed by atoms with Crippen LogP contribution in [0.4, 0.5) is 4.79 Å². The van der Waals surface area contributed by atoms with Gasteiger partial charge in [0.2, 0.25) is 0 Å². The predicted octanol–water partition coefficient (Wildman–Crippen LogP) is 1.25. The summed E-state index contributed by atoms with van der Waals surface area (Å²) in [5, 5.41) is 5.67. The average Bonchev–Trinajstić information content (AvgIpc) is 2.72. The molecule has 0 bridgehead atoms. The van der Waals surface area contributed by atoms with Crippen molar-refractivity contribution in [2.75, 3.05) is 6.54 Å². The van der Waals surface area contributed by atoms with E-state index in [1.165, 1.54) is 0 Å². The Kier molecular flexibility index (Phi) is 3.20. The highest BCUT2D eigenvalue weighted by Gasteiger charge is 2.22. The van der Waals surface area contributed by atoms with Gasteiger partial charge >= 0.3 is 6.03 Å². The van der Waals surface area contributed by atoms with Crippen molar-refractivity contribution in [1.29, 1.82) is 0 Å². The lowest BCUT2D eigenvalue weighted by Gasteiger charge is -2.04. The molecule has 0 aliphatic heterocycles. The van der Waals surface area contributed by atoms with E-state index in [1.54, 1.807) is 0 Å². The van der Waals surface area contributed by atoms with Crippen molar-refractivity contribution in [2.24, 2.45) is 0 Å². The van der Waals surface area contributed by atoms with Gasteiger partial charge in [-0.15, -0.1) is 0 Å². The van der Waals surface area contributed by atoms with E-state index >= 15 is 0 Å². The minimum Gasteiger partial charge on any atom is -0.338 e. The third-order valence-electron chi connectivity index (χ3n) is 1.73. The lowest BCUT2D eigenvalue weighted by atomic mass is 10.3. The third kappa shape index (κ3) is 3.86. The summed E-state index contributed by atoms with van der Waals surface area (Å²) in [5.41, 5.74) is 0. The van der Waals surface area contributed by atoms with Crippen molar-refractivity contribution in [2.45, 2.75) is 38.6 Å². The summed E-state index contributed by atoms with van der Waals surface area (Å²) >= 11 is 0. The van der Waals surface area contributed by atoms with Gasteiger partial charge in [0.25, 0.3) is 0 Å². The molecule has 1 aliphatic carbocycles. The van der Waals surface area contributed by atoms with Gasteiger partial charge in [0.15, 0.2) is 0 Å². The van der Waals surface area contributed by atoms with Crippen molar-refractivity contribution < 1.29 is 4.79 Å². The molecule has 0 spiro atoms. The minimum atomic E-state index is 0.000880. The maximum atomic E-state index is 10.9. The lowest BCUT2D eigenvalue weighted by molar-refractivity contribution is 0.240. The summed E-state index contributed by atoms with van der Waals surface area (Å²) in [5.74, 6) is 0. The van der Waals surface area contributed by atoms with Crippen LogP contribution in [0, 0.1) is 0 Å². The van der Waals surface area contributed by atoms with Gasteiger partial charge in [0.05, 0.1) is 0 Å². The van der Waals surface area contributed by atoms with Gasteiger partial charge in [0.1, 0.15) is 0 Å². The van der Waals surface area contributed by atoms with E-state index in [2.05, 4.69) is 17.6 Å². The van der Waals surface area contributed by atoms with Crippen LogP contribution in [-0.2, 0) is 0 Å². The zero-order chi connectivity index (χ0) is 8.10. The molecule has 1 aliphatic rings. The molecule has 11 heavy (non-hydrogen) atoms. The van der Waals surface area contributed by atoms with E-state index in [-0.39, 0.29) is 6.03 Å². The standard InChI is InChI=1S/C8H16N2O/c1-2-3-6-9-8(11)10-7-4-5-7/h7H,2-6H2,1H3,(H2,9,10,11). The minimum absolute atomic E-state index is 0.000880. The number of carbonyl (C=O) groups is 1. The highest BCUT2D eigenvalue weighted by molar-refractivity contribution is 5.74. The lowest BCUT2D eigenvalue weighted by Crippen LogP contribution is -2.37. The molecule has 0 radical (unpaired) electrons. The number of hydrogen-bond acceptors (Lipinski definition) is 1. The van der Waals surface area contributed by atoms with Crippen LogP contribution in [0.1, 0.15) is 32.6 Å². The maximum Gasteiger partial charge on any atom is 0.315 e. The largest absolute Gasteiger partial charge is 0.338 e. The van der Waals surface area contributed by atoms with Gasteiger partial charge in [-0.25, -0.2) is 4.79 Å². The Morgan fingerprint density at radius 2 is 2.27 bits per heavy atom. The molecule has 2 amide bonds. The number of nitrogens with one attached hydrogen (secondary N) is 2. The van der Waals surface area contributed by atoms with E-state index in [0.29, 0.717) is 6.04 Å². The van der Waals surface area contributed by atoms with Crippen LogP contribution in [0.15, 0.2) is 0 Å². The first-order chi connectivity index (χ1) is 5.33. The van der Waals surface area contributed by atoms with Crippen LogP contribution in [0.5, 0.6) is 0 Å². The molecule has 0 unspecified atom stereocenters. The zero-order valence-electron chi connectivity index (χ0n) is 7.02. The number of amides is 2. The molecule has 3 nitrogen and oxygen atoms in total. The van der Waals surface area contributed by atoms with Crippen molar-refractivity contribution in [3.8, 4) is 0 Å². The molecule has 3 heteroatoms. The topological polar surface area (TPSA) is 41.1 Å². The van der Waals surface area contributed by atoms with Crippen LogP contribution in [0.25, 0.3) is 0 Å². The summed E-state index contributed by atoms with van der Waals surface area (Å²) < 4.78 is 0. The Morgan fingerprint density at radius 3 is 2.82 bits per heavy atom. The SMILES string of the molecule is CCCCNC(=O)NC1CC1. The zero-order valence-corrected chi connectivity index (χ0v) is 7.02. The van der Waals surface area contributed by atoms with Gasteiger partial charge in [-0.3, -0.25) is 0 Å². The first-order valence-corrected chi connectivity index (χ1v) is 4.37. The normalized spacial score (nSPS) is 16.1. The molecule has 1 rings (SSSR count). The van der Waals surface area contributed by atoms with Crippen LogP contribution in [0.3, 0.4) is 0 Å². The Labute approximate surface area is 67.5 Å². The van der Waals surface area contributed by atoms with Gasteiger partial charge in [0, 0.05) is 12.6 Å². The second kappa shape index (κ2) is 4.21. The molecule has 0 heterocycles. The van der Waals surface area contributed by atoms with Crippen LogP contribution in [0.2, 0.25) is 0 Å². The smallest absolute Gasteiger partial charge is 0.315 e. The van der Waals surface area contributed by atoms with E-state index in [9.17, 15) is 4.79 Å². The van der Waals surface area contributed by atoms with Crippen molar-refractivity contribution in [3.63, 3.8) is 0 Å². The molecule has 0 aromatic heterocycles. The summed E-state index contributed by atoms with van der Waals surface area (Å²) in [6.07, 6.45) is 4.50. The molecule has 0 atom stereocenters. The van der Waals surface area contributed by atoms with Crippen molar-refractivity contribution in [3.05, 3.63) is 0 Å².